The van der Waals surface area contributed by atoms with E-state index in [0.717, 1.165) is 30.9 Å². The topological polar surface area (TPSA) is 79.6 Å². The third-order valence-electron chi connectivity index (χ3n) is 3.97. The van der Waals surface area contributed by atoms with E-state index < -0.39 is 0 Å². The molecule has 0 bridgehead atoms. The first-order chi connectivity index (χ1) is 10.6. The summed E-state index contributed by atoms with van der Waals surface area (Å²) in [4.78, 5) is 24.9. The van der Waals surface area contributed by atoms with Gasteiger partial charge in [0.1, 0.15) is 5.82 Å². The molecule has 0 aromatic carbocycles. The van der Waals surface area contributed by atoms with Gasteiger partial charge in [0.15, 0.2) is 5.65 Å². The predicted octanol–water partition coefficient (Wildman–Crippen LogP) is 0.571. The molecule has 1 aliphatic heterocycles. The van der Waals surface area contributed by atoms with Crippen molar-refractivity contribution >= 4 is 17.5 Å². The van der Waals surface area contributed by atoms with E-state index in [0.29, 0.717) is 6.54 Å². The van der Waals surface area contributed by atoms with E-state index in [1.54, 1.807) is 4.90 Å². The van der Waals surface area contributed by atoms with Gasteiger partial charge in [-0.2, -0.15) is 0 Å². The molecule has 116 valence electrons. The van der Waals surface area contributed by atoms with Gasteiger partial charge >= 0.3 is 0 Å². The fraction of sp³-hybridized carbons (Fsp3) is 0.467. The molecule has 1 atom stereocenters. The van der Waals surface area contributed by atoms with Crippen LogP contribution >= 0.6 is 0 Å². The highest BCUT2D eigenvalue weighted by atomic mass is 16.2. The fourth-order valence-corrected chi connectivity index (χ4v) is 2.86. The SMILES string of the molecule is CC(=O)NCC(=O)N1CCCC(c2nnc3ccccn23)C1. The number of hydrogen-bond donors (Lipinski definition) is 1. The van der Waals surface area contributed by atoms with Crippen LogP contribution in [0.4, 0.5) is 0 Å². The third kappa shape index (κ3) is 2.93. The van der Waals surface area contributed by atoms with Crippen LogP contribution in [-0.2, 0) is 9.59 Å². The van der Waals surface area contributed by atoms with Gasteiger partial charge in [0, 0.05) is 32.1 Å². The van der Waals surface area contributed by atoms with Crippen LogP contribution in [0, 0.1) is 0 Å². The molecule has 2 aromatic rings. The molecule has 0 spiro atoms. The molecule has 1 fully saturated rings. The molecule has 3 rings (SSSR count). The lowest BCUT2D eigenvalue weighted by Crippen LogP contribution is -2.44. The van der Waals surface area contributed by atoms with Crippen molar-refractivity contribution in [2.75, 3.05) is 19.6 Å². The number of piperidine rings is 1. The number of nitrogens with one attached hydrogen (secondary N) is 1. The first kappa shape index (κ1) is 14.5. The average molecular weight is 301 g/mol. The van der Waals surface area contributed by atoms with Crippen LogP contribution in [0.5, 0.6) is 0 Å². The predicted molar refractivity (Wildman–Crippen MR) is 80.2 cm³/mol. The lowest BCUT2D eigenvalue weighted by atomic mass is 9.97. The first-order valence-electron chi connectivity index (χ1n) is 7.47. The first-order valence-corrected chi connectivity index (χ1v) is 7.47. The van der Waals surface area contributed by atoms with Gasteiger partial charge in [-0.1, -0.05) is 6.07 Å². The highest BCUT2D eigenvalue weighted by Gasteiger charge is 2.27. The highest BCUT2D eigenvalue weighted by molar-refractivity contribution is 5.83. The van der Waals surface area contributed by atoms with Crippen LogP contribution in [-0.4, -0.2) is 50.9 Å². The number of carbonyl (C=O) groups is 2. The zero-order valence-electron chi connectivity index (χ0n) is 12.5. The quantitative estimate of drug-likeness (QED) is 0.899. The van der Waals surface area contributed by atoms with Crippen LogP contribution in [0.25, 0.3) is 5.65 Å². The molecule has 7 nitrogen and oxygen atoms in total. The number of likely N-dealkylation sites (tertiary alicyclic amines) is 1. The van der Waals surface area contributed by atoms with E-state index in [1.807, 2.05) is 28.8 Å². The van der Waals surface area contributed by atoms with E-state index in [4.69, 9.17) is 0 Å². The average Bonchev–Trinajstić information content (AvgIpc) is 2.96. The monoisotopic (exact) mass is 301 g/mol. The smallest absolute Gasteiger partial charge is 0.241 e. The molecular weight excluding hydrogens is 282 g/mol. The number of pyridine rings is 1. The Kier molecular flexibility index (Phi) is 4.04. The maximum Gasteiger partial charge on any atom is 0.241 e. The minimum Gasteiger partial charge on any atom is -0.347 e. The molecule has 1 aliphatic rings. The number of fused-ring (bicyclic) bond motifs is 1. The summed E-state index contributed by atoms with van der Waals surface area (Å²) in [6.07, 6.45) is 3.86. The zero-order valence-corrected chi connectivity index (χ0v) is 12.5. The fourth-order valence-electron chi connectivity index (χ4n) is 2.86. The molecule has 2 amide bonds. The summed E-state index contributed by atoms with van der Waals surface area (Å²) in [6.45, 7) is 2.82. The maximum absolute atomic E-state index is 12.1. The Hall–Kier alpha value is -2.44. The van der Waals surface area contributed by atoms with Crippen LogP contribution in [0.3, 0.4) is 0 Å². The molecule has 0 aliphatic carbocycles. The van der Waals surface area contributed by atoms with Gasteiger partial charge < -0.3 is 10.2 Å². The summed E-state index contributed by atoms with van der Waals surface area (Å²) in [6, 6.07) is 5.79. The summed E-state index contributed by atoms with van der Waals surface area (Å²) in [7, 11) is 0. The second-order valence-corrected chi connectivity index (χ2v) is 5.58. The van der Waals surface area contributed by atoms with Gasteiger partial charge in [0.2, 0.25) is 11.8 Å². The number of carbonyl (C=O) groups excluding carboxylic acids is 2. The van der Waals surface area contributed by atoms with Gasteiger partial charge in [-0.3, -0.25) is 14.0 Å². The van der Waals surface area contributed by atoms with Crippen LogP contribution in [0.15, 0.2) is 24.4 Å². The summed E-state index contributed by atoms with van der Waals surface area (Å²) < 4.78 is 1.98. The van der Waals surface area contributed by atoms with Crippen molar-refractivity contribution in [3.8, 4) is 0 Å². The summed E-state index contributed by atoms with van der Waals surface area (Å²) in [5, 5.41) is 11.0. The van der Waals surface area contributed by atoms with Gasteiger partial charge in [-0.15, -0.1) is 10.2 Å². The van der Waals surface area contributed by atoms with E-state index in [9.17, 15) is 9.59 Å². The molecule has 0 saturated carbocycles. The van der Waals surface area contributed by atoms with E-state index in [2.05, 4.69) is 15.5 Å². The van der Waals surface area contributed by atoms with Crippen molar-refractivity contribution in [1.29, 1.82) is 0 Å². The standard InChI is InChI=1S/C15H19N5O2/c1-11(21)16-9-14(22)19-7-4-5-12(10-19)15-18-17-13-6-2-3-8-20(13)15/h2-3,6,8,12H,4-5,7,9-10H2,1H3,(H,16,21). The molecule has 0 radical (unpaired) electrons. The molecule has 1 saturated heterocycles. The molecule has 3 heterocycles. The number of rotatable bonds is 3. The molecular formula is C15H19N5O2. The number of amides is 2. The lowest BCUT2D eigenvalue weighted by Gasteiger charge is -2.32. The van der Waals surface area contributed by atoms with Gasteiger partial charge in [-0.05, 0) is 25.0 Å². The molecule has 2 aromatic heterocycles. The number of aromatic nitrogens is 3. The van der Waals surface area contributed by atoms with Crippen molar-refractivity contribution in [2.45, 2.75) is 25.7 Å². The minimum atomic E-state index is -0.189. The maximum atomic E-state index is 12.1. The third-order valence-corrected chi connectivity index (χ3v) is 3.97. The molecule has 1 N–H and O–H groups in total. The summed E-state index contributed by atoms with van der Waals surface area (Å²) >= 11 is 0. The Morgan fingerprint density at radius 1 is 1.36 bits per heavy atom. The largest absolute Gasteiger partial charge is 0.347 e. The second kappa shape index (κ2) is 6.13. The zero-order chi connectivity index (χ0) is 15.5. The number of nitrogens with zero attached hydrogens (tertiary/aromatic N) is 4. The van der Waals surface area contributed by atoms with Crippen molar-refractivity contribution in [2.24, 2.45) is 0 Å². The highest BCUT2D eigenvalue weighted by Crippen LogP contribution is 2.25. The van der Waals surface area contributed by atoms with Crippen LogP contribution in [0.1, 0.15) is 31.5 Å². The normalized spacial score (nSPS) is 18.4. The Morgan fingerprint density at radius 3 is 3.05 bits per heavy atom. The molecule has 22 heavy (non-hydrogen) atoms. The van der Waals surface area contributed by atoms with Crippen molar-refractivity contribution in [1.82, 2.24) is 24.8 Å². The molecule has 1 unspecified atom stereocenters. The van der Waals surface area contributed by atoms with Gasteiger partial charge in [0.25, 0.3) is 0 Å². The van der Waals surface area contributed by atoms with Crippen LogP contribution < -0.4 is 5.32 Å². The van der Waals surface area contributed by atoms with Crippen LogP contribution in [0.2, 0.25) is 0 Å². The Labute approximate surface area is 128 Å². The van der Waals surface area contributed by atoms with Crippen molar-refractivity contribution in [3.05, 3.63) is 30.2 Å². The minimum absolute atomic E-state index is 0.0475. The number of hydrogen-bond acceptors (Lipinski definition) is 4. The van der Waals surface area contributed by atoms with E-state index in [1.165, 1.54) is 6.92 Å². The van der Waals surface area contributed by atoms with E-state index in [-0.39, 0.29) is 24.3 Å². The molecule has 7 heteroatoms. The summed E-state index contributed by atoms with van der Waals surface area (Å²) in [5.74, 6) is 0.833. The summed E-state index contributed by atoms with van der Waals surface area (Å²) in [5.41, 5.74) is 0.819. The lowest BCUT2D eigenvalue weighted by molar-refractivity contribution is -0.133. The Bertz CT molecular complexity index is 696. The van der Waals surface area contributed by atoms with Crippen molar-refractivity contribution < 1.29 is 9.59 Å². The van der Waals surface area contributed by atoms with Gasteiger partial charge in [-0.25, -0.2) is 0 Å². The van der Waals surface area contributed by atoms with Crippen molar-refractivity contribution in [3.63, 3.8) is 0 Å². The Balaban J connectivity index is 1.73. The Morgan fingerprint density at radius 2 is 2.23 bits per heavy atom. The second-order valence-electron chi connectivity index (χ2n) is 5.58. The van der Waals surface area contributed by atoms with Gasteiger partial charge in [0.05, 0.1) is 6.54 Å². The van der Waals surface area contributed by atoms with E-state index >= 15 is 0 Å².